The number of nitrogens with zero attached hydrogens (tertiary/aromatic N) is 1. The maximum atomic E-state index is 6.12. The predicted octanol–water partition coefficient (Wildman–Crippen LogP) is 3.88. The molecule has 0 saturated heterocycles. The number of fused-ring (bicyclic) bond motifs is 1. The van der Waals surface area contributed by atoms with E-state index in [0.29, 0.717) is 0 Å². The highest BCUT2D eigenvalue weighted by Gasteiger charge is 2.19. The summed E-state index contributed by atoms with van der Waals surface area (Å²) in [4.78, 5) is 2.35. The van der Waals surface area contributed by atoms with Crippen LogP contribution in [-0.2, 0) is 13.0 Å². The molecule has 1 heterocycles. The molecule has 2 N–H and O–H groups in total. The van der Waals surface area contributed by atoms with Crippen molar-refractivity contribution >= 4 is 23.0 Å². The molecule has 0 aliphatic carbocycles. The normalized spacial score (nSPS) is 13.9. The Morgan fingerprint density at radius 3 is 2.95 bits per heavy atom. The number of ether oxygens (including phenoxy) is 1. The third-order valence-corrected chi connectivity index (χ3v) is 4.22. The van der Waals surface area contributed by atoms with Gasteiger partial charge in [-0.2, -0.15) is 0 Å². The molecule has 3 rings (SSSR count). The molecule has 0 radical (unpaired) electrons. The minimum atomic E-state index is 0.732. The second-order valence-electron chi connectivity index (χ2n) is 5.33. The first-order valence-corrected chi connectivity index (χ1v) is 7.51. The Labute approximate surface area is 130 Å². The SMILES string of the molecule is COc1ccc(Cl)cc1CN1CCCc2c(N)cccc21. The topological polar surface area (TPSA) is 38.5 Å². The van der Waals surface area contributed by atoms with Gasteiger partial charge in [-0.25, -0.2) is 0 Å². The van der Waals surface area contributed by atoms with Crippen molar-refractivity contribution in [2.45, 2.75) is 19.4 Å². The van der Waals surface area contributed by atoms with E-state index in [9.17, 15) is 0 Å². The predicted molar refractivity (Wildman–Crippen MR) is 88.2 cm³/mol. The van der Waals surface area contributed by atoms with E-state index in [1.54, 1.807) is 7.11 Å². The van der Waals surface area contributed by atoms with Gasteiger partial charge < -0.3 is 15.4 Å². The summed E-state index contributed by atoms with van der Waals surface area (Å²) >= 11 is 6.12. The maximum absolute atomic E-state index is 6.12. The fraction of sp³-hybridized carbons (Fsp3) is 0.294. The van der Waals surface area contributed by atoms with E-state index in [1.165, 1.54) is 11.3 Å². The van der Waals surface area contributed by atoms with Crippen LogP contribution in [0.25, 0.3) is 0 Å². The van der Waals surface area contributed by atoms with Crippen molar-refractivity contribution in [3.8, 4) is 5.75 Å². The summed E-state index contributed by atoms with van der Waals surface area (Å²) in [6.45, 7) is 1.80. The van der Waals surface area contributed by atoms with Crippen LogP contribution in [0.1, 0.15) is 17.5 Å². The molecule has 1 aliphatic heterocycles. The molecule has 0 aromatic heterocycles. The van der Waals surface area contributed by atoms with Crippen molar-refractivity contribution in [1.82, 2.24) is 0 Å². The number of halogens is 1. The van der Waals surface area contributed by atoms with Gasteiger partial charge in [0, 0.05) is 35.1 Å². The van der Waals surface area contributed by atoms with Crippen molar-refractivity contribution in [3.05, 3.63) is 52.5 Å². The Kier molecular flexibility index (Phi) is 3.93. The second-order valence-corrected chi connectivity index (χ2v) is 5.76. The molecule has 0 atom stereocenters. The fourth-order valence-electron chi connectivity index (χ4n) is 2.97. The monoisotopic (exact) mass is 302 g/mol. The van der Waals surface area contributed by atoms with Crippen LogP contribution in [0.3, 0.4) is 0 Å². The van der Waals surface area contributed by atoms with E-state index in [1.807, 2.05) is 30.3 Å². The van der Waals surface area contributed by atoms with Crippen LogP contribution in [-0.4, -0.2) is 13.7 Å². The molecular weight excluding hydrogens is 284 g/mol. The molecule has 110 valence electrons. The number of nitrogens with two attached hydrogens (primary N) is 1. The van der Waals surface area contributed by atoms with Crippen LogP contribution in [0, 0.1) is 0 Å². The number of anilines is 2. The summed E-state index contributed by atoms with van der Waals surface area (Å²) in [5.74, 6) is 0.871. The van der Waals surface area contributed by atoms with Gasteiger partial charge in [-0.3, -0.25) is 0 Å². The minimum Gasteiger partial charge on any atom is -0.496 e. The molecular formula is C17H19ClN2O. The van der Waals surface area contributed by atoms with E-state index in [0.717, 1.165) is 48.0 Å². The average molecular weight is 303 g/mol. The molecule has 0 fully saturated rings. The summed E-state index contributed by atoms with van der Waals surface area (Å²) in [6.07, 6.45) is 2.16. The van der Waals surface area contributed by atoms with Gasteiger partial charge in [-0.1, -0.05) is 17.7 Å². The number of hydrogen-bond donors (Lipinski definition) is 1. The second kappa shape index (κ2) is 5.86. The van der Waals surface area contributed by atoms with E-state index in [2.05, 4.69) is 11.0 Å². The first kappa shape index (κ1) is 14.1. The Morgan fingerprint density at radius 2 is 2.14 bits per heavy atom. The van der Waals surface area contributed by atoms with Gasteiger partial charge in [0.1, 0.15) is 5.75 Å². The van der Waals surface area contributed by atoms with Crippen LogP contribution >= 0.6 is 11.6 Å². The lowest BCUT2D eigenvalue weighted by atomic mass is 9.99. The molecule has 2 aromatic carbocycles. The summed E-state index contributed by atoms with van der Waals surface area (Å²) in [6, 6.07) is 11.9. The molecule has 0 saturated carbocycles. The average Bonchev–Trinajstić information content (AvgIpc) is 2.49. The number of nitrogen functional groups attached to an aromatic ring is 1. The molecule has 3 nitrogen and oxygen atoms in total. The smallest absolute Gasteiger partial charge is 0.123 e. The van der Waals surface area contributed by atoms with Crippen molar-refractivity contribution < 1.29 is 4.74 Å². The molecule has 0 amide bonds. The van der Waals surface area contributed by atoms with Crippen molar-refractivity contribution in [1.29, 1.82) is 0 Å². The van der Waals surface area contributed by atoms with E-state index in [4.69, 9.17) is 22.1 Å². The van der Waals surface area contributed by atoms with Gasteiger partial charge in [0.15, 0.2) is 0 Å². The Morgan fingerprint density at radius 1 is 1.29 bits per heavy atom. The minimum absolute atomic E-state index is 0.732. The summed E-state index contributed by atoms with van der Waals surface area (Å²) < 4.78 is 5.44. The highest BCUT2D eigenvalue weighted by Crippen LogP contribution is 2.34. The van der Waals surface area contributed by atoms with E-state index < -0.39 is 0 Å². The molecule has 4 heteroatoms. The van der Waals surface area contributed by atoms with Crippen LogP contribution in [0.4, 0.5) is 11.4 Å². The highest BCUT2D eigenvalue weighted by atomic mass is 35.5. The van der Waals surface area contributed by atoms with Crippen molar-refractivity contribution in [2.24, 2.45) is 0 Å². The first-order chi connectivity index (χ1) is 10.2. The lowest BCUT2D eigenvalue weighted by Gasteiger charge is -2.32. The van der Waals surface area contributed by atoms with Gasteiger partial charge in [0.05, 0.1) is 7.11 Å². The summed E-state index contributed by atoms with van der Waals surface area (Å²) in [5, 5.41) is 0.732. The zero-order valence-electron chi connectivity index (χ0n) is 12.1. The Balaban J connectivity index is 1.94. The van der Waals surface area contributed by atoms with E-state index in [-0.39, 0.29) is 0 Å². The third-order valence-electron chi connectivity index (χ3n) is 3.99. The maximum Gasteiger partial charge on any atom is 0.123 e. The van der Waals surface area contributed by atoms with Gasteiger partial charge in [-0.15, -0.1) is 0 Å². The number of benzene rings is 2. The van der Waals surface area contributed by atoms with Gasteiger partial charge in [-0.05, 0) is 48.7 Å². The zero-order valence-corrected chi connectivity index (χ0v) is 12.9. The summed E-state index contributed by atoms with van der Waals surface area (Å²) in [5.41, 5.74) is 10.6. The Bertz CT molecular complexity index is 657. The van der Waals surface area contributed by atoms with Crippen LogP contribution in [0.15, 0.2) is 36.4 Å². The molecule has 2 aromatic rings. The number of hydrogen-bond acceptors (Lipinski definition) is 3. The van der Waals surface area contributed by atoms with Gasteiger partial charge >= 0.3 is 0 Å². The molecule has 1 aliphatic rings. The molecule has 0 unspecified atom stereocenters. The quantitative estimate of drug-likeness (QED) is 0.874. The largest absolute Gasteiger partial charge is 0.496 e. The van der Waals surface area contributed by atoms with Crippen LogP contribution in [0.5, 0.6) is 5.75 Å². The highest BCUT2D eigenvalue weighted by molar-refractivity contribution is 6.30. The van der Waals surface area contributed by atoms with Crippen molar-refractivity contribution in [3.63, 3.8) is 0 Å². The van der Waals surface area contributed by atoms with E-state index >= 15 is 0 Å². The zero-order chi connectivity index (χ0) is 14.8. The number of methoxy groups -OCH3 is 1. The molecule has 21 heavy (non-hydrogen) atoms. The fourth-order valence-corrected chi connectivity index (χ4v) is 3.16. The van der Waals surface area contributed by atoms with Gasteiger partial charge in [0.2, 0.25) is 0 Å². The summed E-state index contributed by atoms with van der Waals surface area (Å²) in [7, 11) is 1.69. The first-order valence-electron chi connectivity index (χ1n) is 7.14. The third kappa shape index (κ3) is 2.79. The Hall–Kier alpha value is -1.87. The van der Waals surface area contributed by atoms with Crippen molar-refractivity contribution in [2.75, 3.05) is 24.3 Å². The molecule has 0 bridgehead atoms. The van der Waals surface area contributed by atoms with Gasteiger partial charge in [0.25, 0.3) is 0 Å². The lowest BCUT2D eigenvalue weighted by Crippen LogP contribution is -2.29. The van der Waals surface area contributed by atoms with Crippen LogP contribution < -0.4 is 15.4 Å². The molecule has 0 spiro atoms. The van der Waals surface area contributed by atoms with Crippen LogP contribution in [0.2, 0.25) is 5.02 Å². The lowest BCUT2D eigenvalue weighted by molar-refractivity contribution is 0.409. The standard InChI is InChI=1S/C17H19ClN2O/c1-21-17-8-7-13(18)10-12(17)11-20-9-3-4-14-15(19)5-2-6-16(14)20/h2,5-8,10H,3-4,9,11,19H2,1H3. The number of rotatable bonds is 3.